The predicted octanol–water partition coefficient (Wildman–Crippen LogP) is 1.49. The Morgan fingerprint density at radius 3 is 2.79 bits per heavy atom. The van der Waals surface area contributed by atoms with Crippen LogP contribution in [-0.2, 0) is 20.7 Å². The minimum Gasteiger partial charge on any atom is -0.379 e. The van der Waals surface area contributed by atoms with E-state index in [4.69, 9.17) is 4.74 Å². The van der Waals surface area contributed by atoms with Crippen molar-refractivity contribution in [3.63, 3.8) is 0 Å². The quantitative estimate of drug-likeness (QED) is 0.801. The molecule has 2 aliphatic rings. The number of amides is 2. The summed E-state index contributed by atoms with van der Waals surface area (Å²) >= 11 is 0. The lowest BCUT2D eigenvalue weighted by Crippen LogP contribution is -2.47. The smallest absolute Gasteiger partial charge is 0.227 e. The summed E-state index contributed by atoms with van der Waals surface area (Å²) in [6.07, 6.45) is 3.17. The van der Waals surface area contributed by atoms with Crippen LogP contribution >= 0.6 is 0 Å². The first-order valence-electron chi connectivity index (χ1n) is 10.5. The first-order chi connectivity index (χ1) is 14.1. The summed E-state index contributed by atoms with van der Waals surface area (Å²) in [5.74, 6) is 0.225. The number of hydrogen-bond donors (Lipinski definition) is 1. The van der Waals surface area contributed by atoms with Crippen molar-refractivity contribution in [3.8, 4) is 0 Å². The van der Waals surface area contributed by atoms with Crippen molar-refractivity contribution in [2.45, 2.75) is 25.8 Å². The number of carbonyl (C=O) groups is 2. The lowest BCUT2D eigenvalue weighted by Gasteiger charge is -2.32. The molecule has 2 saturated heterocycles. The second-order valence-electron chi connectivity index (χ2n) is 7.98. The molecule has 1 aromatic carbocycles. The molecule has 4 rings (SSSR count). The lowest BCUT2D eigenvalue weighted by atomic mass is 10.1. The van der Waals surface area contributed by atoms with Gasteiger partial charge in [-0.2, -0.15) is 0 Å². The van der Waals surface area contributed by atoms with E-state index in [9.17, 15) is 9.59 Å². The van der Waals surface area contributed by atoms with Crippen LogP contribution in [0.25, 0.3) is 10.9 Å². The van der Waals surface area contributed by atoms with Crippen molar-refractivity contribution < 1.29 is 14.3 Å². The Kier molecular flexibility index (Phi) is 6.16. The number of carbonyl (C=O) groups excluding carboxylic acids is 2. The summed E-state index contributed by atoms with van der Waals surface area (Å²) < 4.78 is 5.40. The van der Waals surface area contributed by atoms with Crippen LogP contribution in [0.5, 0.6) is 0 Å². The molecule has 2 fully saturated rings. The van der Waals surface area contributed by atoms with Gasteiger partial charge in [-0.25, -0.2) is 0 Å². The number of para-hydroxylation sites is 1. The van der Waals surface area contributed by atoms with Crippen molar-refractivity contribution in [1.82, 2.24) is 19.7 Å². The van der Waals surface area contributed by atoms with E-state index in [1.165, 1.54) is 0 Å². The van der Waals surface area contributed by atoms with E-state index in [2.05, 4.69) is 9.88 Å². The van der Waals surface area contributed by atoms with Gasteiger partial charge in [-0.1, -0.05) is 18.2 Å². The van der Waals surface area contributed by atoms with Gasteiger partial charge in [0.2, 0.25) is 11.8 Å². The number of aromatic amines is 1. The van der Waals surface area contributed by atoms with Gasteiger partial charge in [0.25, 0.3) is 0 Å². The average molecular weight is 399 g/mol. The number of fused-ring (bicyclic) bond motifs is 1. The van der Waals surface area contributed by atoms with Gasteiger partial charge in [0.05, 0.1) is 25.7 Å². The Morgan fingerprint density at radius 2 is 2.00 bits per heavy atom. The molecule has 0 saturated carbocycles. The molecule has 2 amide bonds. The maximum atomic E-state index is 12.9. The summed E-state index contributed by atoms with van der Waals surface area (Å²) in [5, 5.41) is 1.10. The molecule has 0 radical (unpaired) electrons. The fourth-order valence-corrected chi connectivity index (χ4v) is 4.45. The van der Waals surface area contributed by atoms with E-state index in [1.54, 1.807) is 6.92 Å². The molecular weight excluding hydrogens is 368 g/mol. The average Bonchev–Trinajstić information content (AvgIpc) is 3.37. The highest BCUT2D eigenvalue weighted by molar-refractivity contribution is 5.89. The molecule has 1 N–H and O–H groups in total. The van der Waals surface area contributed by atoms with Gasteiger partial charge in [0.1, 0.15) is 0 Å². The van der Waals surface area contributed by atoms with E-state index in [0.29, 0.717) is 26.1 Å². The van der Waals surface area contributed by atoms with Gasteiger partial charge in [-0.3, -0.25) is 14.5 Å². The molecule has 156 valence electrons. The normalized spacial score (nSPS) is 20.3. The van der Waals surface area contributed by atoms with Crippen LogP contribution in [0.15, 0.2) is 30.5 Å². The van der Waals surface area contributed by atoms with Crippen molar-refractivity contribution in [2.75, 3.05) is 52.5 Å². The third-order valence-corrected chi connectivity index (χ3v) is 6.14. The molecule has 7 nitrogen and oxygen atoms in total. The zero-order valence-electron chi connectivity index (χ0n) is 17.1. The highest BCUT2D eigenvalue weighted by atomic mass is 16.5. The molecule has 3 heterocycles. The van der Waals surface area contributed by atoms with Gasteiger partial charge in [-0.05, 0) is 18.1 Å². The zero-order chi connectivity index (χ0) is 20.2. The van der Waals surface area contributed by atoms with Crippen molar-refractivity contribution in [3.05, 3.63) is 36.0 Å². The van der Waals surface area contributed by atoms with E-state index in [-0.39, 0.29) is 17.9 Å². The molecule has 1 unspecified atom stereocenters. The predicted molar refractivity (Wildman–Crippen MR) is 112 cm³/mol. The molecular formula is C22H30N4O3. The number of nitrogens with zero attached hydrogens (tertiary/aromatic N) is 3. The summed E-state index contributed by atoms with van der Waals surface area (Å²) in [5.41, 5.74) is 2.09. The van der Waals surface area contributed by atoms with Gasteiger partial charge in [-0.15, -0.1) is 0 Å². The summed E-state index contributed by atoms with van der Waals surface area (Å²) in [4.78, 5) is 34.6. The van der Waals surface area contributed by atoms with Crippen LogP contribution in [0.3, 0.4) is 0 Å². The summed E-state index contributed by atoms with van der Waals surface area (Å²) in [7, 11) is 0. The first kappa shape index (κ1) is 19.9. The molecule has 1 aromatic heterocycles. The van der Waals surface area contributed by atoms with Crippen molar-refractivity contribution in [1.29, 1.82) is 0 Å². The number of hydrogen-bond acceptors (Lipinski definition) is 4. The maximum Gasteiger partial charge on any atom is 0.227 e. The third kappa shape index (κ3) is 4.62. The number of H-pyrrole nitrogens is 1. The second-order valence-corrected chi connectivity index (χ2v) is 7.98. The maximum absolute atomic E-state index is 12.9. The first-order valence-corrected chi connectivity index (χ1v) is 10.5. The molecule has 0 spiro atoms. The van der Waals surface area contributed by atoms with Crippen LogP contribution in [-0.4, -0.2) is 90.0 Å². The second kappa shape index (κ2) is 8.97. The molecule has 29 heavy (non-hydrogen) atoms. The Labute approximate surface area is 171 Å². The Balaban J connectivity index is 1.33. The molecule has 2 aliphatic heterocycles. The van der Waals surface area contributed by atoms with E-state index >= 15 is 0 Å². The number of aromatic nitrogens is 1. The summed E-state index contributed by atoms with van der Waals surface area (Å²) in [6, 6.07) is 8.16. The third-order valence-electron chi connectivity index (χ3n) is 6.14. The fourth-order valence-electron chi connectivity index (χ4n) is 4.45. The van der Waals surface area contributed by atoms with Gasteiger partial charge < -0.3 is 19.5 Å². The fraction of sp³-hybridized carbons (Fsp3) is 0.545. The molecule has 7 heteroatoms. The number of benzene rings is 1. The van der Waals surface area contributed by atoms with E-state index < -0.39 is 0 Å². The Hall–Kier alpha value is -2.38. The van der Waals surface area contributed by atoms with Gasteiger partial charge in [0, 0.05) is 63.3 Å². The standard InChI is InChI=1S/C22H30N4O3/c1-17(27)26(9-8-24-10-12-29-13-11-24)19-6-7-25(16-19)22(28)14-18-15-23-21-5-3-2-4-20(18)21/h2-5,15,19,23H,6-14,16H2,1H3. The van der Waals surface area contributed by atoms with Crippen molar-refractivity contribution >= 4 is 22.7 Å². The van der Waals surface area contributed by atoms with Gasteiger partial charge in [0.15, 0.2) is 0 Å². The number of ether oxygens (including phenoxy) is 1. The van der Waals surface area contributed by atoms with Crippen LogP contribution < -0.4 is 0 Å². The molecule has 2 aromatic rings. The van der Waals surface area contributed by atoms with Crippen molar-refractivity contribution in [2.24, 2.45) is 0 Å². The lowest BCUT2D eigenvalue weighted by molar-refractivity contribution is -0.133. The van der Waals surface area contributed by atoms with Crippen LogP contribution in [0.2, 0.25) is 0 Å². The highest BCUT2D eigenvalue weighted by Crippen LogP contribution is 2.21. The van der Waals surface area contributed by atoms with Crippen LogP contribution in [0, 0.1) is 0 Å². The Morgan fingerprint density at radius 1 is 1.21 bits per heavy atom. The zero-order valence-corrected chi connectivity index (χ0v) is 17.1. The summed E-state index contributed by atoms with van der Waals surface area (Å²) in [6.45, 7) is 7.93. The van der Waals surface area contributed by atoms with E-state index in [0.717, 1.165) is 55.7 Å². The molecule has 0 aliphatic carbocycles. The monoisotopic (exact) mass is 398 g/mol. The number of nitrogens with one attached hydrogen (secondary N) is 1. The number of morpholine rings is 1. The minimum atomic E-state index is 0.0918. The Bertz CT molecular complexity index is 859. The minimum absolute atomic E-state index is 0.0918. The van der Waals surface area contributed by atoms with Crippen LogP contribution in [0.4, 0.5) is 0 Å². The highest BCUT2D eigenvalue weighted by Gasteiger charge is 2.32. The van der Waals surface area contributed by atoms with Crippen LogP contribution in [0.1, 0.15) is 18.9 Å². The topological polar surface area (TPSA) is 68.9 Å². The SMILES string of the molecule is CC(=O)N(CCN1CCOCC1)C1CCN(C(=O)Cc2c[nH]c3ccccc23)C1. The number of rotatable bonds is 6. The largest absolute Gasteiger partial charge is 0.379 e. The van der Waals surface area contributed by atoms with Gasteiger partial charge >= 0.3 is 0 Å². The number of likely N-dealkylation sites (tertiary alicyclic amines) is 1. The molecule has 0 bridgehead atoms. The van der Waals surface area contributed by atoms with E-state index in [1.807, 2.05) is 40.3 Å². The molecule has 1 atom stereocenters.